The monoisotopic (exact) mass is 566 g/mol. The molecule has 1 fully saturated rings. The maximum Gasteiger partial charge on any atom is 0.306 e. The van der Waals surface area contributed by atoms with Gasteiger partial charge in [0.1, 0.15) is 24.7 Å². The largest absolute Gasteiger partial charge is 0.502 e. The van der Waals surface area contributed by atoms with Crippen LogP contribution in [0.3, 0.4) is 0 Å². The van der Waals surface area contributed by atoms with Gasteiger partial charge in [0, 0.05) is 37.9 Å². The van der Waals surface area contributed by atoms with Crippen molar-refractivity contribution in [1.29, 1.82) is 0 Å². The number of piperazine rings is 1. The Morgan fingerprint density at radius 2 is 1.71 bits per heavy atom. The van der Waals surface area contributed by atoms with Crippen molar-refractivity contribution >= 4 is 11.7 Å². The lowest BCUT2D eigenvalue weighted by Crippen LogP contribution is -2.46. The maximum absolute atomic E-state index is 12.9. The number of fused-ring (bicyclic) bond motifs is 1. The summed E-state index contributed by atoms with van der Waals surface area (Å²) in [5.41, 5.74) is 1.07. The Bertz CT molecular complexity index is 1410. The first-order valence-corrected chi connectivity index (χ1v) is 13.4. The number of nitrogens with zero attached hydrogens (tertiary/aromatic N) is 2. The fraction of sp³-hybridized carbons (Fsp3) is 0.400. The standard InChI is InChI=1S/C30H34N2O9/c1-36-21-6-4-20(5-7-21)32-10-8-31(9-11-32)18-22-16-24(33)28(35)29(41-22)23(17-27(34)38-3)19-14-25(37-2)30-26(15-19)39-12-13-40-30/h4-7,14-16,23,35H,8-13,17-18H2,1-3H3. The number of benzene rings is 2. The van der Waals surface area contributed by atoms with E-state index >= 15 is 0 Å². The lowest BCUT2D eigenvalue weighted by molar-refractivity contribution is -0.140. The van der Waals surface area contributed by atoms with Crippen LogP contribution in [0.1, 0.15) is 29.4 Å². The van der Waals surface area contributed by atoms with Crippen LogP contribution in [-0.4, -0.2) is 76.7 Å². The van der Waals surface area contributed by atoms with Crippen molar-refractivity contribution in [3.63, 3.8) is 0 Å². The van der Waals surface area contributed by atoms with Crippen molar-refractivity contribution in [2.45, 2.75) is 18.9 Å². The molecule has 0 radical (unpaired) electrons. The Kier molecular flexibility index (Phi) is 8.53. The summed E-state index contributed by atoms with van der Waals surface area (Å²) in [4.78, 5) is 29.8. The summed E-state index contributed by atoms with van der Waals surface area (Å²) >= 11 is 0. The summed E-state index contributed by atoms with van der Waals surface area (Å²) in [6, 6.07) is 12.6. The fourth-order valence-corrected chi connectivity index (χ4v) is 5.15. The highest BCUT2D eigenvalue weighted by Crippen LogP contribution is 2.44. The molecule has 11 heteroatoms. The first kappa shape index (κ1) is 28.2. The number of esters is 1. The van der Waals surface area contributed by atoms with Crippen LogP contribution in [0.4, 0.5) is 5.69 Å². The third-order valence-electron chi connectivity index (χ3n) is 7.36. The highest BCUT2D eigenvalue weighted by atomic mass is 16.6. The second-order valence-corrected chi connectivity index (χ2v) is 9.83. The number of anilines is 1. The van der Waals surface area contributed by atoms with Gasteiger partial charge in [0.25, 0.3) is 0 Å². The molecule has 2 aliphatic heterocycles. The number of hydrogen-bond acceptors (Lipinski definition) is 11. The minimum Gasteiger partial charge on any atom is -0.502 e. The van der Waals surface area contributed by atoms with Crippen molar-refractivity contribution in [3.8, 4) is 28.7 Å². The van der Waals surface area contributed by atoms with Gasteiger partial charge in [-0.3, -0.25) is 14.5 Å². The van der Waals surface area contributed by atoms with Gasteiger partial charge in [-0.2, -0.15) is 0 Å². The first-order valence-electron chi connectivity index (χ1n) is 13.4. The topological polar surface area (TPSA) is 120 Å². The van der Waals surface area contributed by atoms with Crippen LogP contribution in [0, 0.1) is 0 Å². The minimum atomic E-state index is -0.841. The van der Waals surface area contributed by atoms with Gasteiger partial charge < -0.3 is 38.1 Å². The molecular weight excluding hydrogens is 532 g/mol. The molecule has 0 aliphatic carbocycles. The zero-order valence-corrected chi connectivity index (χ0v) is 23.4. The second kappa shape index (κ2) is 12.4. The van der Waals surface area contributed by atoms with Gasteiger partial charge in [0.2, 0.25) is 16.9 Å². The second-order valence-electron chi connectivity index (χ2n) is 9.83. The van der Waals surface area contributed by atoms with Gasteiger partial charge in [-0.15, -0.1) is 0 Å². The molecule has 1 atom stereocenters. The SMILES string of the molecule is COC(=O)CC(c1cc(OC)c2c(c1)OCCO2)c1oc(CN2CCN(c3ccc(OC)cc3)CC2)cc(=O)c1O. The lowest BCUT2D eigenvalue weighted by atomic mass is 9.91. The molecule has 1 unspecified atom stereocenters. The molecule has 0 amide bonds. The zero-order chi connectivity index (χ0) is 28.9. The summed E-state index contributed by atoms with van der Waals surface area (Å²) in [6.45, 7) is 4.18. The predicted octanol–water partition coefficient (Wildman–Crippen LogP) is 3.15. The Morgan fingerprint density at radius 3 is 2.39 bits per heavy atom. The van der Waals surface area contributed by atoms with Crippen LogP contribution >= 0.6 is 0 Å². The van der Waals surface area contributed by atoms with Gasteiger partial charge in [-0.25, -0.2) is 0 Å². The molecule has 11 nitrogen and oxygen atoms in total. The third-order valence-corrected chi connectivity index (χ3v) is 7.36. The van der Waals surface area contributed by atoms with E-state index < -0.39 is 23.1 Å². The van der Waals surface area contributed by atoms with E-state index in [0.29, 0.717) is 48.3 Å². The van der Waals surface area contributed by atoms with E-state index in [1.165, 1.54) is 20.3 Å². The number of ether oxygens (including phenoxy) is 5. The van der Waals surface area contributed by atoms with Crippen LogP contribution in [0.2, 0.25) is 0 Å². The van der Waals surface area contributed by atoms with Crippen molar-refractivity contribution in [2.24, 2.45) is 0 Å². The summed E-state index contributed by atoms with van der Waals surface area (Å²) in [6.07, 6.45) is -0.181. The molecule has 2 aliphatic rings. The predicted molar refractivity (Wildman–Crippen MR) is 150 cm³/mol. The van der Waals surface area contributed by atoms with Gasteiger partial charge in [0.05, 0.1) is 40.2 Å². The molecular formula is C30H34N2O9. The van der Waals surface area contributed by atoms with E-state index in [9.17, 15) is 14.7 Å². The maximum atomic E-state index is 12.9. The van der Waals surface area contributed by atoms with Crippen molar-refractivity contribution in [3.05, 3.63) is 69.8 Å². The number of methoxy groups -OCH3 is 3. The average Bonchev–Trinajstić information content (AvgIpc) is 3.01. The molecule has 5 rings (SSSR count). The first-order chi connectivity index (χ1) is 19.9. The zero-order valence-electron chi connectivity index (χ0n) is 23.4. The molecule has 1 aromatic heterocycles. The van der Waals surface area contributed by atoms with E-state index in [2.05, 4.69) is 9.80 Å². The molecule has 1 N–H and O–H groups in total. The Labute approximate surface area is 237 Å². The average molecular weight is 567 g/mol. The molecule has 41 heavy (non-hydrogen) atoms. The van der Waals surface area contributed by atoms with Gasteiger partial charge >= 0.3 is 5.97 Å². The molecule has 1 saturated heterocycles. The fourth-order valence-electron chi connectivity index (χ4n) is 5.15. The minimum absolute atomic E-state index is 0.0199. The van der Waals surface area contributed by atoms with Crippen molar-refractivity contribution < 1.29 is 38.0 Å². The number of aromatic hydroxyl groups is 1. The normalized spacial score (nSPS) is 15.7. The molecule has 0 spiro atoms. The summed E-state index contributed by atoms with van der Waals surface area (Å²) in [5.74, 6) is 0.540. The Morgan fingerprint density at radius 1 is 0.976 bits per heavy atom. The Balaban J connectivity index is 1.40. The third kappa shape index (κ3) is 6.19. The van der Waals surface area contributed by atoms with E-state index in [0.717, 1.165) is 37.6 Å². The van der Waals surface area contributed by atoms with Crippen LogP contribution < -0.4 is 29.3 Å². The number of rotatable bonds is 9. The molecule has 2 aromatic carbocycles. The van der Waals surface area contributed by atoms with Crippen LogP contribution in [0.15, 0.2) is 51.7 Å². The number of carbonyl (C=O) groups is 1. The van der Waals surface area contributed by atoms with Crippen LogP contribution in [-0.2, 0) is 16.1 Å². The van der Waals surface area contributed by atoms with Gasteiger partial charge in [-0.05, 0) is 42.0 Å². The van der Waals surface area contributed by atoms with E-state index in [1.807, 2.05) is 24.3 Å². The summed E-state index contributed by atoms with van der Waals surface area (Å²) in [5, 5.41) is 10.8. The summed E-state index contributed by atoms with van der Waals surface area (Å²) in [7, 11) is 4.42. The van der Waals surface area contributed by atoms with Gasteiger partial charge in [0.15, 0.2) is 17.3 Å². The van der Waals surface area contributed by atoms with E-state index in [1.54, 1.807) is 19.2 Å². The molecule has 0 bridgehead atoms. The quantitative estimate of drug-likeness (QED) is 0.385. The number of carbonyl (C=O) groups excluding carboxylic acids is 1. The van der Waals surface area contributed by atoms with Crippen LogP contribution in [0.25, 0.3) is 0 Å². The summed E-state index contributed by atoms with van der Waals surface area (Å²) < 4.78 is 33.3. The van der Waals surface area contributed by atoms with Crippen LogP contribution in [0.5, 0.6) is 28.7 Å². The molecule has 218 valence electrons. The van der Waals surface area contributed by atoms with Crippen molar-refractivity contribution in [1.82, 2.24) is 4.90 Å². The van der Waals surface area contributed by atoms with E-state index in [4.69, 9.17) is 28.1 Å². The highest BCUT2D eigenvalue weighted by Gasteiger charge is 2.30. The van der Waals surface area contributed by atoms with Crippen molar-refractivity contribution in [2.75, 3.05) is 65.6 Å². The highest BCUT2D eigenvalue weighted by molar-refractivity contribution is 5.71. The molecule has 0 saturated carbocycles. The molecule has 3 heterocycles. The van der Waals surface area contributed by atoms with E-state index in [-0.39, 0.29) is 12.2 Å². The smallest absolute Gasteiger partial charge is 0.306 e. The lowest BCUT2D eigenvalue weighted by Gasteiger charge is -2.36. The molecule has 3 aromatic rings. The Hall–Kier alpha value is -4.38. The number of hydrogen-bond donors (Lipinski definition) is 1. The van der Waals surface area contributed by atoms with Gasteiger partial charge in [-0.1, -0.05) is 0 Å².